The largest absolute Gasteiger partial charge is 0.377 e. The molecule has 2 N–H and O–H groups in total. The van der Waals surface area contributed by atoms with Gasteiger partial charge in [-0.1, -0.05) is 12.8 Å². The minimum Gasteiger partial charge on any atom is -0.377 e. The molecular weight excluding hydrogens is 409 g/mol. The average Bonchev–Trinajstić information content (AvgIpc) is 3.45. The highest BCUT2D eigenvalue weighted by Gasteiger charge is 2.35. The maximum atomic E-state index is 14.6. The standard InChI is InChI=1S/C25H36FN3O3/c1-16-14-28(9-10-29(16)25(31)18-6-3-4-7-18)15-19-12-20(26)13-21(17(19)2)23(24(27)30)22-8-5-11-32-22/h12-13,16,18,22-23H,3-11,14-15H2,1-2H3,(H2,27,30)/t16-,22?,23?/m0/s1. The summed E-state index contributed by atoms with van der Waals surface area (Å²) in [6.45, 7) is 7.47. The molecule has 1 aromatic carbocycles. The van der Waals surface area contributed by atoms with Gasteiger partial charge in [-0.3, -0.25) is 14.5 Å². The number of piperazine rings is 1. The average molecular weight is 446 g/mol. The van der Waals surface area contributed by atoms with E-state index in [0.29, 0.717) is 31.2 Å². The molecule has 2 aliphatic heterocycles. The molecule has 2 unspecified atom stereocenters. The lowest BCUT2D eigenvalue weighted by molar-refractivity contribution is -0.140. The van der Waals surface area contributed by atoms with Gasteiger partial charge in [-0.05, 0) is 68.4 Å². The molecule has 32 heavy (non-hydrogen) atoms. The first-order valence-corrected chi connectivity index (χ1v) is 12.1. The molecule has 2 saturated heterocycles. The van der Waals surface area contributed by atoms with Gasteiger partial charge in [0.25, 0.3) is 0 Å². The van der Waals surface area contributed by atoms with Gasteiger partial charge in [0.05, 0.1) is 12.0 Å². The number of carbonyl (C=O) groups is 2. The van der Waals surface area contributed by atoms with Gasteiger partial charge in [-0.25, -0.2) is 4.39 Å². The normalized spacial score (nSPS) is 25.9. The first-order valence-electron chi connectivity index (χ1n) is 12.1. The maximum absolute atomic E-state index is 14.6. The van der Waals surface area contributed by atoms with Crippen LogP contribution in [0.1, 0.15) is 68.1 Å². The quantitative estimate of drug-likeness (QED) is 0.730. The number of rotatable bonds is 6. The van der Waals surface area contributed by atoms with Crippen LogP contribution < -0.4 is 5.73 Å². The number of carbonyl (C=O) groups excluding carboxylic acids is 2. The summed E-state index contributed by atoms with van der Waals surface area (Å²) in [5.41, 5.74) is 8.14. The van der Waals surface area contributed by atoms with Crippen molar-refractivity contribution < 1.29 is 18.7 Å². The SMILES string of the molecule is Cc1c(CN2CCN(C(=O)C3CCCC3)[C@@H](C)C2)cc(F)cc1C(C(N)=O)C1CCCO1. The minimum absolute atomic E-state index is 0.135. The van der Waals surface area contributed by atoms with Crippen LogP contribution in [0.5, 0.6) is 0 Å². The Labute approximate surface area is 190 Å². The molecule has 2 amide bonds. The van der Waals surface area contributed by atoms with Crippen molar-refractivity contribution in [1.29, 1.82) is 0 Å². The second-order valence-corrected chi connectivity index (χ2v) is 9.81. The predicted molar refractivity (Wildman–Crippen MR) is 120 cm³/mol. The molecule has 4 rings (SSSR count). The zero-order chi connectivity index (χ0) is 22.8. The summed E-state index contributed by atoms with van der Waals surface area (Å²) < 4.78 is 20.4. The predicted octanol–water partition coefficient (Wildman–Crippen LogP) is 3.10. The second kappa shape index (κ2) is 9.87. The summed E-state index contributed by atoms with van der Waals surface area (Å²) in [6, 6.07) is 3.14. The number of primary amides is 1. The van der Waals surface area contributed by atoms with Gasteiger partial charge in [0, 0.05) is 44.7 Å². The summed E-state index contributed by atoms with van der Waals surface area (Å²) >= 11 is 0. The van der Waals surface area contributed by atoms with Gasteiger partial charge in [-0.15, -0.1) is 0 Å². The lowest BCUT2D eigenvalue weighted by Crippen LogP contribution is -2.54. The summed E-state index contributed by atoms with van der Waals surface area (Å²) in [6.07, 6.45) is 5.70. The summed E-state index contributed by atoms with van der Waals surface area (Å²) in [5.74, 6) is -0.954. The molecule has 1 aromatic rings. The van der Waals surface area contributed by atoms with Gasteiger partial charge < -0.3 is 15.4 Å². The van der Waals surface area contributed by atoms with Crippen LogP contribution in [0.15, 0.2) is 12.1 Å². The highest BCUT2D eigenvalue weighted by molar-refractivity contribution is 5.83. The number of halogens is 1. The molecule has 1 aliphatic carbocycles. The van der Waals surface area contributed by atoms with Crippen molar-refractivity contribution in [3.05, 3.63) is 34.6 Å². The van der Waals surface area contributed by atoms with E-state index >= 15 is 0 Å². The van der Waals surface area contributed by atoms with Crippen LogP contribution in [0, 0.1) is 18.7 Å². The van der Waals surface area contributed by atoms with Crippen molar-refractivity contribution in [1.82, 2.24) is 9.80 Å². The lowest BCUT2D eigenvalue weighted by Gasteiger charge is -2.41. The van der Waals surface area contributed by atoms with Gasteiger partial charge >= 0.3 is 0 Å². The Morgan fingerprint density at radius 1 is 1.19 bits per heavy atom. The van der Waals surface area contributed by atoms with Crippen molar-refractivity contribution in [2.24, 2.45) is 11.7 Å². The van der Waals surface area contributed by atoms with E-state index in [1.807, 2.05) is 11.8 Å². The Balaban J connectivity index is 1.47. The monoisotopic (exact) mass is 445 g/mol. The van der Waals surface area contributed by atoms with E-state index < -0.39 is 11.8 Å². The number of benzene rings is 1. The second-order valence-electron chi connectivity index (χ2n) is 9.81. The molecule has 1 saturated carbocycles. The molecule has 2 heterocycles. The zero-order valence-corrected chi connectivity index (χ0v) is 19.3. The number of amides is 2. The molecule has 7 heteroatoms. The van der Waals surface area contributed by atoms with Crippen LogP contribution in [0.2, 0.25) is 0 Å². The fourth-order valence-corrected chi connectivity index (χ4v) is 5.80. The molecule has 3 atom stereocenters. The Hall–Kier alpha value is -1.99. The van der Waals surface area contributed by atoms with Crippen molar-refractivity contribution in [2.45, 2.75) is 77.0 Å². The van der Waals surface area contributed by atoms with E-state index in [2.05, 4.69) is 11.8 Å². The van der Waals surface area contributed by atoms with Crippen LogP contribution in [-0.4, -0.2) is 60.0 Å². The minimum atomic E-state index is -0.633. The van der Waals surface area contributed by atoms with E-state index in [1.165, 1.54) is 6.07 Å². The van der Waals surface area contributed by atoms with Gasteiger partial charge in [0.2, 0.25) is 11.8 Å². The maximum Gasteiger partial charge on any atom is 0.227 e. The summed E-state index contributed by atoms with van der Waals surface area (Å²) in [7, 11) is 0. The van der Waals surface area contributed by atoms with Crippen molar-refractivity contribution in [3.8, 4) is 0 Å². The molecule has 3 fully saturated rings. The molecule has 6 nitrogen and oxygen atoms in total. The van der Waals surface area contributed by atoms with Gasteiger partial charge in [0.1, 0.15) is 5.82 Å². The topological polar surface area (TPSA) is 75.9 Å². The highest BCUT2D eigenvalue weighted by atomic mass is 19.1. The molecule has 0 spiro atoms. The third-order valence-electron chi connectivity index (χ3n) is 7.59. The first kappa shape index (κ1) is 23.2. The number of ether oxygens (including phenoxy) is 1. The van der Waals surface area contributed by atoms with Crippen LogP contribution >= 0.6 is 0 Å². The summed E-state index contributed by atoms with van der Waals surface area (Å²) in [5, 5.41) is 0. The first-order chi connectivity index (χ1) is 15.3. The van der Waals surface area contributed by atoms with Crippen molar-refractivity contribution in [2.75, 3.05) is 26.2 Å². The Kier molecular flexibility index (Phi) is 7.15. The molecule has 0 aromatic heterocycles. The fourth-order valence-electron chi connectivity index (χ4n) is 5.80. The number of hydrogen-bond acceptors (Lipinski definition) is 4. The fraction of sp³-hybridized carbons (Fsp3) is 0.680. The summed E-state index contributed by atoms with van der Waals surface area (Å²) in [4.78, 5) is 29.5. The third kappa shape index (κ3) is 4.84. The van der Waals surface area contributed by atoms with E-state index in [-0.39, 0.29) is 23.9 Å². The molecule has 0 radical (unpaired) electrons. The van der Waals surface area contributed by atoms with Crippen molar-refractivity contribution in [3.63, 3.8) is 0 Å². The Morgan fingerprint density at radius 3 is 2.56 bits per heavy atom. The third-order valence-corrected chi connectivity index (χ3v) is 7.59. The zero-order valence-electron chi connectivity index (χ0n) is 19.3. The molecular formula is C25H36FN3O3. The van der Waals surface area contributed by atoms with Crippen LogP contribution in [-0.2, 0) is 20.9 Å². The van der Waals surface area contributed by atoms with Crippen LogP contribution in [0.4, 0.5) is 4.39 Å². The van der Waals surface area contributed by atoms with Crippen molar-refractivity contribution >= 4 is 11.8 Å². The van der Waals surface area contributed by atoms with E-state index in [1.54, 1.807) is 6.07 Å². The van der Waals surface area contributed by atoms with E-state index in [0.717, 1.165) is 62.7 Å². The number of nitrogens with two attached hydrogens (primary N) is 1. The molecule has 3 aliphatic rings. The smallest absolute Gasteiger partial charge is 0.227 e. The Morgan fingerprint density at radius 2 is 1.94 bits per heavy atom. The highest BCUT2D eigenvalue weighted by Crippen LogP contribution is 2.33. The lowest BCUT2D eigenvalue weighted by atomic mass is 9.86. The van der Waals surface area contributed by atoms with Crippen LogP contribution in [0.3, 0.4) is 0 Å². The Bertz CT molecular complexity index is 849. The van der Waals surface area contributed by atoms with E-state index in [4.69, 9.17) is 10.5 Å². The van der Waals surface area contributed by atoms with E-state index in [9.17, 15) is 14.0 Å². The molecule has 176 valence electrons. The molecule has 0 bridgehead atoms. The van der Waals surface area contributed by atoms with Crippen LogP contribution in [0.25, 0.3) is 0 Å². The number of nitrogens with zero attached hydrogens (tertiary/aromatic N) is 2. The van der Waals surface area contributed by atoms with Gasteiger partial charge in [-0.2, -0.15) is 0 Å². The van der Waals surface area contributed by atoms with Gasteiger partial charge in [0.15, 0.2) is 0 Å². The number of hydrogen-bond donors (Lipinski definition) is 1.